The molecule has 0 heterocycles. The maximum atomic E-state index is 12.9. The number of carbonyl (C=O) groups is 1. The molecular formula is C53H108N2O6P+. The number of nitrogens with zero attached hydrogens (tertiary/aromatic N) is 1. The van der Waals surface area contributed by atoms with E-state index in [2.05, 4.69) is 31.3 Å². The number of aliphatic hydroxyl groups excluding tert-OH is 1. The minimum absolute atomic E-state index is 0.0770. The Morgan fingerprint density at radius 1 is 0.532 bits per heavy atom. The van der Waals surface area contributed by atoms with Gasteiger partial charge in [-0.2, -0.15) is 0 Å². The topological polar surface area (TPSA) is 105 Å². The molecule has 0 saturated heterocycles. The van der Waals surface area contributed by atoms with Gasteiger partial charge in [0, 0.05) is 6.42 Å². The first-order valence-electron chi connectivity index (χ1n) is 27.1. The van der Waals surface area contributed by atoms with Gasteiger partial charge in [-0.15, -0.1) is 0 Å². The third-order valence-electron chi connectivity index (χ3n) is 12.5. The summed E-state index contributed by atoms with van der Waals surface area (Å²) in [6.07, 6.45) is 54.1. The maximum absolute atomic E-state index is 12.9. The van der Waals surface area contributed by atoms with E-state index in [9.17, 15) is 19.4 Å². The molecule has 3 atom stereocenters. The van der Waals surface area contributed by atoms with Crippen LogP contribution < -0.4 is 5.32 Å². The molecule has 0 aliphatic carbocycles. The Morgan fingerprint density at radius 2 is 0.871 bits per heavy atom. The number of carbonyl (C=O) groups excluding carboxylic acids is 1. The molecule has 62 heavy (non-hydrogen) atoms. The van der Waals surface area contributed by atoms with Gasteiger partial charge in [-0.05, 0) is 38.5 Å². The second kappa shape index (κ2) is 45.4. The Morgan fingerprint density at radius 3 is 1.24 bits per heavy atom. The molecule has 0 aromatic heterocycles. The van der Waals surface area contributed by atoms with Crippen molar-refractivity contribution in [3.8, 4) is 0 Å². The van der Waals surface area contributed by atoms with Gasteiger partial charge in [0.25, 0.3) is 0 Å². The van der Waals surface area contributed by atoms with E-state index >= 15 is 0 Å². The standard InChI is InChI=1S/C53H107N2O6P/c1-6-8-10-12-14-16-18-19-20-21-22-23-24-25-26-27-28-29-30-31-32-33-34-35-37-39-41-43-45-47-53(57)54-51(50-61-62(58,59)60-49-48-55(3,4)5)52(56)46-44-42-40-38-36-17-15-13-11-9-7-2/h25-26,51-52,56H,6-24,27-50H2,1-5H3,(H-,54,57,58,59)/p+1/b26-25-. The van der Waals surface area contributed by atoms with E-state index in [1.807, 2.05) is 21.1 Å². The van der Waals surface area contributed by atoms with Crippen molar-refractivity contribution in [2.45, 2.75) is 283 Å². The lowest BCUT2D eigenvalue weighted by Gasteiger charge is -2.26. The summed E-state index contributed by atoms with van der Waals surface area (Å²) in [7, 11) is 1.63. The van der Waals surface area contributed by atoms with Crippen molar-refractivity contribution in [2.75, 3.05) is 40.9 Å². The Kier molecular flexibility index (Phi) is 44.8. The molecule has 0 bridgehead atoms. The molecule has 0 saturated carbocycles. The van der Waals surface area contributed by atoms with Crippen LogP contribution in [0.15, 0.2) is 12.2 Å². The van der Waals surface area contributed by atoms with E-state index in [-0.39, 0.29) is 19.1 Å². The third-order valence-corrected chi connectivity index (χ3v) is 13.5. The summed E-state index contributed by atoms with van der Waals surface area (Å²) < 4.78 is 23.7. The number of phosphoric ester groups is 1. The van der Waals surface area contributed by atoms with E-state index in [0.717, 1.165) is 38.5 Å². The fraction of sp³-hybridized carbons (Fsp3) is 0.943. The summed E-state index contributed by atoms with van der Waals surface area (Å²) in [5.74, 6) is -0.142. The van der Waals surface area contributed by atoms with Gasteiger partial charge in [-0.3, -0.25) is 13.8 Å². The Balaban J connectivity index is 4.01. The first-order chi connectivity index (χ1) is 30.0. The quantitative estimate of drug-likeness (QED) is 0.0243. The first-order valence-corrected chi connectivity index (χ1v) is 28.5. The molecule has 0 aromatic rings. The predicted octanol–water partition coefficient (Wildman–Crippen LogP) is 15.9. The largest absolute Gasteiger partial charge is 0.472 e. The number of phosphoric acid groups is 1. The molecule has 0 spiro atoms. The van der Waals surface area contributed by atoms with Gasteiger partial charge in [0.05, 0.1) is 39.9 Å². The number of hydrogen-bond donors (Lipinski definition) is 3. The van der Waals surface area contributed by atoms with Crippen LogP contribution in [0.5, 0.6) is 0 Å². The Bertz CT molecular complexity index is 1020. The van der Waals surface area contributed by atoms with Crippen LogP contribution in [0.2, 0.25) is 0 Å². The van der Waals surface area contributed by atoms with E-state index in [0.29, 0.717) is 23.9 Å². The monoisotopic (exact) mass is 900 g/mol. The number of likely N-dealkylation sites (N-methyl/N-ethyl adjacent to an activating group) is 1. The molecule has 370 valence electrons. The van der Waals surface area contributed by atoms with Gasteiger partial charge < -0.3 is 19.8 Å². The molecule has 3 unspecified atom stereocenters. The zero-order valence-electron chi connectivity index (χ0n) is 42.1. The number of quaternary nitrogens is 1. The molecule has 0 fully saturated rings. The van der Waals surface area contributed by atoms with Crippen molar-refractivity contribution < 1.29 is 32.9 Å². The van der Waals surface area contributed by atoms with E-state index in [1.54, 1.807) is 0 Å². The van der Waals surface area contributed by atoms with Crippen molar-refractivity contribution in [1.82, 2.24) is 5.32 Å². The van der Waals surface area contributed by atoms with Crippen LogP contribution in [0.3, 0.4) is 0 Å². The third kappa shape index (κ3) is 47.2. The lowest BCUT2D eigenvalue weighted by Crippen LogP contribution is -2.46. The summed E-state index contributed by atoms with van der Waals surface area (Å²) in [6.45, 7) is 4.91. The predicted molar refractivity (Wildman–Crippen MR) is 268 cm³/mol. The summed E-state index contributed by atoms with van der Waals surface area (Å²) in [4.78, 5) is 23.2. The number of nitrogens with one attached hydrogen (secondary N) is 1. The molecule has 0 radical (unpaired) electrons. The van der Waals surface area contributed by atoms with Crippen LogP contribution in [-0.2, 0) is 18.4 Å². The van der Waals surface area contributed by atoms with Crippen LogP contribution in [0, 0.1) is 0 Å². The van der Waals surface area contributed by atoms with Gasteiger partial charge in [0.2, 0.25) is 5.91 Å². The second-order valence-corrected chi connectivity index (χ2v) is 21.4. The fourth-order valence-electron chi connectivity index (χ4n) is 8.22. The van der Waals surface area contributed by atoms with Crippen molar-refractivity contribution in [3.05, 3.63) is 12.2 Å². The lowest BCUT2D eigenvalue weighted by molar-refractivity contribution is -0.870. The van der Waals surface area contributed by atoms with E-state index < -0.39 is 20.0 Å². The normalized spacial score (nSPS) is 14.1. The van der Waals surface area contributed by atoms with Crippen LogP contribution in [-0.4, -0.2) is 73.4 Å². The molecule has 1 amide bonds. The molecule has 0 aromatic carbocycles. The number of amides is 1. The van der Waals surface area contributed by atoms with Gasteiger partial charge in [-0.1, -0.05) is 238 Å². The summed E-state index contributed by atoms with van der Waals surface area (Å²) in [5.41, 5.74) is 0. The SMILES string of the molecule is CCCCCCCCCCCCCC/C=C\CCCCCCCCCCCCCCCC(=O)NC(COP(=O)(O)OCC[N+](C)(C)C)C(O)CCCCCCCCCCCCC. The van der Waals surface area contributed by atoms with Crippen LogP contribution >= 0.6 is 7.82 Å². The van der Waals surface area contributed by atoms with Crippen molar-refractivity contribution in [1.29, 1.82) is 0 Å². The number of allylic oxidation sites excluding steroid dienone is 2. The van der Waals surface area contributed by atoms with Crippen molar-refractivity contribution >= 4 is 13.7 Å². The molecule has 9 heteroatoms. The second-order valence-electron chi connectivity index (χ2n) is 20.0. The minimum Gasteiger partial charge on any atom is -0.391 e. The molecular weight excluding hydrogens is 792 g/mol. The molecule has 0 rings (SSSR count). The molecule has 0 aliphatic rings. The lowest BCUT2D eigenvalue weighted by atomic mass is 10.0. The van der Waals surface area contributed by atoms with Gasteiger partial charge >= 0.3 is 7.82 Å². The van der Waals surface area contributed by atoms with Crippen molar-refractivity contribution in [3.63, 3.8) is 0 Å². The fourth-order valence-corrected chi connectivity index (χ4v) is 8.96. The van der Waals surface area contributed by atoms with Gasteiger partial charge in [-0.25, -0.2) is 4.57 Å². The summed E-state index contributed by atoms with van der Waals surface area (Å²) >= 11 is 0. The van der Waals surface area contributed by atoms with E-state index in [1.165, 1.54) is 205 Å². The molecule has 3 N–H and O–H groups in total. The summed E-state index contributed by atoms with van der Waals surface area (Å²) in [6, 6.07) is -0.756. The van der Waals surface area contributed by atoms with Crippen LogP contribution in [0.25, 0.3) is 0 Å². The number of hydrogen-bond acceptors (Lipinski definition) is 5. The van der Waals surface area contributed by atoms with Gasteiger partial charge in [0.1, 0.15) is 13.2 Å². The highest BCUT2D eigenvalue weighted by atomic mass is 31.2. The smallest absolute Gasteiger partial charge is 0.391 e. The molecule has 0 aliphatic heterocycles. The van der Waals surface area contributed by atoms with Gasteiger partial charge in [0.15, 0.2) is 0 Å². The number of rotatable bonds is 50. The highest BCUT2D eigenvalue weighted by molar-refractivity contribution is 7.47. The number of aliphatic hydroxyl groups is 1. The van der Waals surface area contributed by atoms with Crippen LogP contribution in [0.4, 0.5) is 0 Å². The zero-order chi connectivity index (χ0) is 45.7. The maximum Gasteiger partial charge on any atom is 0.472 e. The average Bonchev–Trinajstić information content (AvgIpc) is 3.23. The number of unbranched alkanes of at least 4 members (excludes halogenated alkanes) is 35. The van der Waals surface area contributed by atoms with E-state index in [4.69, 9.17) is 9.05 Å². The highest BCUT2D eigenvalue weighted by Gasteiger charge is 2.28. The average molecular weight is 900 g/mol. The summed E-state index contributed by atoms with van der Waals surface area (Å²) in [5, 5.41) is 14.0. The zero-order valence-corrected chi connectivity index (χ0v) is 43.0. The highest BCUT2D eigenvalue weighted by Crippen LogP contribution is 2.43. The Hall–Kier alpha value is -0.760. The molecule has 8 nitrogen and oxygen atoms in total. The first kappa shape index (κ1) is 61.2. The van der Waals surface area contributed by atoms with Crippen LogP contribution in [0.1, 0.15) is 271 Å². The minimum atomic E-state index is -4.31. The van der Waals surface area contributed by atoms with Crippen molar-refractivity contribution in [2.24, 2.45) is 0 Å². The Labute approximate surface area is 386 Å².